The lowest BCUT2D eigenvalue weighted by Gasteiger charge is -2.03. The maximum atomic E-state index is 11.1. The van der Waals surface area contributed by atoms with Gasteiger partial charge in [0.15, 0.2) is 0 Å². The van der Waals surface area contributed by atoms with Gasteiger partial charge in [0.1, 0.15) is 0 Å². The summed E-state index contributed by atoms with van der Waals surface area (Å²) in [5.74, 6) is 0.156. The monoisotopic (exact) mass is 235 g/mol. The van der Waals surface area contributed by atoms with Crippen molar-refractivity contribution in [2.24, 2.45) is 0 Å². The van der Waals surface area contributed by atoms with Crippen molar-refractivity contribution in [1.29, 1.82) is 0 Å². The number of amides is 1. The summed E-state index contributed by atoms with van der Waals surface area (Å²) in [5, 5.41) is 2.89. The Labute approximate surface area is 105 Å². The number of carbonyl (C=O) groups is 1. The molecule has 96 valence electrons. The predicted octanol–water partition coefficient (Wildman–Crippen LogP) is 3.56. The largest absolute Gasteiger partial charge is 0.356 e. The van der Waals surface area contributed by atoms with Gasteiger partial charge in [0.05, 0.1) is 0 Å². The standard InChI is InChI=1S/C12H17NO.C3H8/c1-2-6-12(14)13-10-9-11-7-4-3-5-8-11;1-3-2/h3-5,7-8H,2,6,9-10H2,1H3,(H,13,14);3H2,1-2H3. The van der Waals surface area contributed by atoms with E-state index in [1.165, 1.54) is 12.0 Å². The summed E-state index contributed by atoms with van der Waals surface area (Å²) in [6.45, 7) is 7.00. The number of nitrogens with one attached hydrogen (secondary N) is 1. The minimum Gasteiger partial charge on any atom is -0.356 e. The number of carbonyl (C=O) groups excluding carboxylic acids is 1. The summed E-state index contributed by atoms with van der Waals surface area (Å²) in [4.78, 5) is 11.1. The molecule has 0 aliphatic heterocycles. The second-order valence-corrected chi connectivity index (χ2v) is 4.04. The highest BCUT2D eigenvalue weighted by molar-refractivity contribution is 5.75. The van der Waals surface area contributed by atoms with Crippen LogP contribution in [0.5, 0.6) is 0 Å². The zero-order valence-corrected chi connectivity index (χ0v) is 11.3. The summed E-state index contributed by atoms with van der Waals surface area (Å²) in [7, 11) is 0. The number of benzene rings is 1. The summed E-state index contributed by atoms with van der Waals surface area (Å²) >= 11 is 0. The van der Waals surface area contributed by atoms with Gasteiger partial charge in [0.25, 0.3) is 0 Å². The van der Waals surface area contributed by atoms with Gasteiger partial charge in [-0.15, -0.1) is 0 Å². The highest BCUT2D eigenvalue weighted by atomic mass is 16.1. The van der Waals surface area contributed by atoms with Crippen LogP contribution in [0.4, 0.5) is 0 Å². The SMILES string of the molecule is CCC.CCCC(=O)NCCc1ccccc1. The molecule has 0 heterocycles. The number of hydrogen-bond donors (Lipinski definition) is 1. The molecule has 0 aromatic heterocycles. The van der Waals surface area contributed by atoms with Crippen molar-refractivity contribution >= 4 is 5.91 Å². The predicted molar refractivity (Wildman–Crippen MR) is 74.0 cm³/mol. The van der Waals surface area contributed by atoms with Crippen LogP contribution in [0.2, 0.25) is 0 Å². The molecule has 17 heavy (non-hydrogen) atoms. The Kier molecular flexibility index (Phi) is 10.3. The zero-order chi connectivity index (χ0) is 12.9. The van der Waals surface area contributed by atoms with Gasteiger partial charge in [-0.05, 0) is 18.4 Å². The minimum atomic E-state index is 0.156. The van der Waals surface area contributed by atoms with E-state index in [9.17, 15) is 4.79 Å². The molecule has 0 bridgehead atoms. The van der Waals surface area contributed by atoms with Crippen LogP contribution in [0, 0.1) is 0 Å². The summed E-state index contributed by atoms with van der Waals surface area (Å²) in [6, 6.07) is 10.2. The Morgan fingerprint density at radius 1 is 1.12 bits per heavy atom. The molecule has 0 saturated carbocycles. The fourth-order valence-corrected chi connectivity index (χ4v) is 1.31. The van der Waals surface area contributed by atoms with Gasteiger partial charge in [0.2, 0.25) is 5.91 Å². The summed E-state index contributed by atoms with van der Waals surface area (Å²) in [6.07, 6.45) is 3.71. The van der Waals surface area contributed by atoms with Crippen LogP contribution in [0.15, 0.2) is 30.3 Å². The summed E-state index contributed by atoms with van der Waals surface area (Å²) < 4.78 is 0. The van der Waals surface area contributed by atoms with E-state index in [1.54, 1.807) is 0 Å². The van der Waals surface area contributed by atoms with Crippen molar-refractivity contribution in [3.05, 3.63) is 35.9 Å². The van der Waals surface area contributed by atoms with E-state index in [0.29, 0.717) is 6.42 Å². The van der Waals surface area contributed by atoms with Crippen LogP contribution in [0.25, 0.3) is 0 Å². The molecule has 2 nitrogen and oxygen atoms in total. The Balaban J connectivity index is 0.000000770. The topological polar surface area (TPSA) is 29.1 Å². The normalized spacial score (nSPS) is 9.12. The quantitative estimate of drug-likeness (QED) is 0.830. The van der Waals surface area contributed by atoms with E-state index >= 15 is 0 Å². The average molecular weight is 235 g/mol. The minimum absolute atomic E-state index is 0.156. The second-order valence-electron chi connectivity index (χ2n) is 4.04. The fourth-order valence-electron chi connectivity index (χ4n) is 1.31. The average Bonchev–Trinajstić information content (AvgIpc) is 2.32. The van der Waals surface area contributed by atoms with Crippen LogP contribution >= 0.6 is 0 Å². The molecule has 0 atom stereocenters. The van der Waals surface area contributed by atoms with E-state index < -0.39 is 0 Å². The van der Waals surface area contributed by atoms with Gasteiger partial charge < -0.3 is 5.32 Å². The third-order valence-electron chi connectivity index (χ3n) is 2.06. The van der Waals surface area contributed by atoms with Crippen molar-refractivity contribution in [1.82, 2.24) is 5.32 Å². The molecule has 0 aliphatic rings. The molecular weight excluding hydrogens is 210 g/mol. The van der Waals surface area contributed by atoms with Crippen LogP contribution in [0.3, 0.4) is 0 Å². The molecule has 0 radical (unpaired) electrons. The van der Waals surface area contributed by atoms with Crippen molar-refractivity contribution < 1.29 is 4.79 Å². The Morgan fingerprint density at radius 3 is 2.24 bits per heavy atom. The van der Waals surface area contributed by atoms with Crippen molar-refractivity contribution in [3.63, 3.8) is 0 Å². The lowest BCUT2D eigenvalue weighted by molar-refractivity contribution is -0.121. The maximum Gasteiger partial charge on any atom is 0.219 e. The highest BCUT2D eigenvalue weighted by Gasteiger charge is 1.97. The molecule has 1 aromatic rings. The first-order valence-electron chi connectivity index (χ1n) is 6.55. The maximum absolute atomic E-state index is 11.1. The molecule has 1 rings (SSSR count). The van der Waals surface area contributed by atoms with E-state index in [1.807, 2.05) is 25.1 Å². The van der Waals surface area contributed by atoms with E-state index in [0.717, 1.165) is 19.4 Å². The number of rotatable bonds is 5. The molecule has 1 aromatic carbocycles. The molecule has 1 N–H and O–H groups in total. The van der Waals surface area contributed by atoms with Gasteiger partial charge in [-0.1, -0.05) is 57.5 Å². The molecule has 0 fully saturated rings. The van der Waals surface area contributed by atoms with Crippen molar-refractivity contribution in [2.45, 2.75) is 46.5 Å². The van der Waals surface area contributed by atoms with Crippen LogP contribution in [0.1, 0.15) is 45.6 Å². The molecule has 2 heteroatoms. The van der Waals surface area contributed by atoms with Crippen LogP contribution in [-0.4, -0.2) is 12.5 Å². The third-order valence-corrected chi connectivity index (χ3v) is 2.06. The first-order chi connectivity index (χ1) is 8.24. The van der Waals surface area contributed by atoms with Gasteiger partial charge in [-0.3, -0.25) is 4.79 Å². The van der Waals surface area contributed by atoms with Gasteiger partial charge >= 0.3 is 0 Å². The molecule has 0 aliphatic carbocycles. The smallest absolute Gasteiger partial charge is 0.219 e. The van der Waals surface area contributed by atoms with Gasteiger partial charge in [-0.25, -0.2) is 0 Å². The van der Waals surface area contributed by atoms with Crippen molar-refractivity contribution in [2.75, 3.05) is 6.54 Å². The number of hydrogen-bond acceptors (Lipinski definition) is 1. The second kappa shape index (κ2) is 11.2. The Hall–Kier alpha value is -1.31. The Morgan fingerprint density at radius 2 is 1.71 bits per heavy atom. The van der Waals surface area contributed by atoms with Crippen LogP contribution in [-0.2, 0) is 11.2 Å². The lowest BCUT2D eigenvalue weighted by Crippen LogP contribution is -2.25. The first-order valence-corrected chi connectivity index (χ1v) is 6.55. The Bertz CT molecular complexity index is 282. The lowest BCUT2D eigenvalue weighted by atomic mass is 10.1. The summed E-state index contributed by atoms with van der Waals surface area (Å²) in [5.41, 5.74) is 1.27. The van der Waals surface area contributed by atoms with Crippen LogP contribution < -0.4 is 5.32 Å². The zero-order valence-electron chi connectivity index (χ0n) is 11.3. The van der Waals surface area contributed by atoms with E-state index in [-0.39, 0.29) is 5.91 Å². The van der Waals surface area contributed by atoms with E-state index in [2.05, 4.69) is 31.3 Å². The van der Waals surface area contributed by atoms with Crippen molar-refractivity contribution in [3.8, 4) is 0 Å². The highest BCUT2D eigenvalue weighted by Crippen LogP contribution is 1.98. The van der Waals surface area contributed by atoms with Gasteiger partial charge in [-0.2, -0.15) is 0 Å². The molecule has 0 unspecified atom stereocenters. The van der Waals surface area contributed by atoms with E-state index in [4.69, 9.17) is 0 Å². The third kappa shape index (κ3) is 9.61. The fraction of sp³-hybridized carbons (Fsp3) is 0.533. The molecule has 0 saturated heterocycles. The molecule has 0 spiro atoms. The first kappa shape index (κ1) is 15.7. The molecule has 1 amide bonds. The van der Waals surface area contributed by atoms with Gasteiger partial charge in [0, 0.05) is 13.0 Å². The molecular formula is C15H25NO.